The van der Waals surface area contributed by atoms with Crippen LogP contribution in [0, 0.1) is 17.3 Å². The Morgan fingerprint density at radius 1 is 0.634 bits per heavy atom. The van der Waals surface area contributed by atoms with E-state index in [1.165, 1.54) is 11.1 Å². The Morgan fingerprint density at radius 3 is 1.49 bits per heavy atom. The molecule has 0 aromatic heterocycles. The number of halogens is 2. The first-order valence-corrected chi connectivity index (χ1v) is 15.3. The molecule has 4 aromatic rings. The number of methoxy groups -OCH3 is 2. The molecule has 0 N–H and O–H groups in total. The lowest BCUT2D eigenvalue weighted by Gasteiger charge is -2.45. The van der Waals surface area contributed by atoms with Crippen molar-refractivity contribution in [2.75, 3.05) is 14.2 Å². The maximum absolute atomic E-state index is 7.36. The molecule has 1 saturated carbocycles. The first kappa shape index (κ1) is 29.5. The molecule has 0 spiro atoms. The van der Waals surface area contributed by atoms with E-state index >= 15 is 0 Å². The zero-order valence-electron chi connectivity index (χ0n) is 24.6. The minimum atomic E-state index is -0.0506. The second-order valence-corrected chi connectivity index (χ2v) is 13.4. The second-order valence-electron chi connectivity index (χ2n) is 12.3. The SMILES string of the molecule is COc1ccccc1-c1cccc(C(c2cccc(-c3ccccc3OC)c2)C2C(Cl)CC(C(C)(C)C)CC2Cl)c1. The van der Waals surface area contributed by atoms with Gasteiger partial charge in [0.05, 0.1) is 14.2 Å². The van der Waals surface area contributed by atoms with Crippen molar-refractivity contribution in [3.8, 4) is 33.8 Å². The van der Waals surface area contributed by atoms with Crippen LogP contribution in [0.15, 0.2) is 97.1 Å². The summed E-state index contributed by atoms with van der Waals surface area (Å²) in [5.74, 6) is 2.28. The zero-order valence-corrected chi connectivity index (χ0v) is 26.1. The molecule has 0 saturated heterocycles. The quantitative estimate of drug-likeness (QED) is 0.200. The van der Waals surface area contributed by atoms with E-state index in [-0.39, 0.29) is 28.0 Å². The van der Waals surface area contributed by atoms with Crippen LogP contribution in [0.3, 0.4) is 0 Å². The molecule has 2 atom stereocenters. The van der Waals surface area contributed by atoms with Crippen molar-refractivity contribution < 1.29 is 9.47 Å². The predicted molar refractivity (Wildman–Crippen MR) is 174 cm³/mol. The third kappa shape index (κ3) is 6.30. The van der Waals surface area contributed by atoms with Gasteiger partial charge in [-0.05, 0) is 58.6 Å². The lowest BCUT2D eigenvalue weighted by molar-refractivity contribution is 0.150. The van der Waals surface area contributed by atoms with Crippen molar-refractivity contribution in [3.05, 3.63) is 108 Å². The summed E-state index contributed by atoms with van der Waals surface area (Å²) in [4.78, 5) is 0. The van der Waals surface area contributed by atoms with E-state index in [9.17, 15) is 0 Å². The number of hydrogen-bond donors (Lipinski definition) is 0. The molecule has 41 heavy (non-hydrogen) atoms. The minimum Gasteiger partial charge on any atom is -0.496 e. The van der Waals surface area contributed by atoms with Crippen molar-refractivity contribution in [2.24, 2.45) is 17.3 Å². The van der Waals surface area contributed by atoms with Gasteiger partial charge >= 0.3 is 0 Å². The third-order valence-electron chi connectivity index (χ3n) is 8.79. The van der Waals surface area contributed by atoms with Gasteiger partial charge in [0.2, 0.25) is 0 Å². The molecule has 1 fully saturated rings. The highest BCUT2D eigenvalue weighted by molar-refractivity contribution is 6.24. The largest absolute Gasteiger partial charge is 0.496 e. The van der Waals surface area contributed by atoms with E-state index in [2.05, 4.69) is 93.6 Å². The fraction of sp³-hybridized carbons (Fsp3) is 0.351. The average molecular weight is 588 g/mol. The summed E-state index contributed by atoms with van der Waals surface area (Å²) >= 11 is 14.7. The summed E-state index contributed by atoms with van der Waals surface area (Å²) in [6.45, 7) is 6.91. The molecule has 1 aliphatic rings. The van der Waals surface area contributed by atoms with Gasteiger partial charge < -0.3 is 9.47 Å². The minimum absolute atomic E-state index is 0.0187. The Morgan fingerprint density at radius 2 is 1.07 bits per heavy atom. The molecule has 0 aliphatic heterocycles. The van der Waals surface area contributed by atoms with E-state index < -0.39 is 0 Å². The molecule has 5 rings (SSSR count). The summed E-state index contributed by atoms with van der Waals surface area (Å²) in [6.07, 6.45) is 1.90. The molecule has 2 unspecified atom stereocenters. The zero-order chi connectivity index (χ0) is 29.1. The van der Waals surface area contributed by atoms with Crippen LogP contribution in [-0.4, -0.2) is 25.0 Å². The lowest BCUT2D eigenvalue weighted by atomic mass is 9.65. The standard InChI is InChI=1S/C37H40Cl2O2/c1-37(2,3)28-22-31(38)36(32(39)23-28)35(26-14-10-12-24(20-26)29-16-6-8-18-33(29)40-4)27-15-11-13-25(21-27)30-17-7-9-19-34(30)41-5/h6-21,28,31-32,35-36H,22-23H2,1-5H3. The third-order valence-corrected chi connectivity index (χ3v) is 9.73. The summed E-state index contributed by atoms with van der Waals surface area (Å²) in [6, 6.07) is 34.0. The molecular formula is C37H40Cl2O2. The van der Waals surface area contributed by atoms with Gasteiger partial charge in [0.15, 0.2) is 0 Å². The molecule has 0 heterocycles. The van der Waals surface area contributed by atoms with Crippen LogP contribution >= 0.6 is 23.2 Å². The highest BCUT2D eigenvalue weighted by Crippen LogP contribution is 2.51. The fourth-order valence-corrected chi connectivity index (χ4v) is 7.65. The highest BCUT2D eigenvalue weighted by atomic mass is 35.5. The maximum Gasteiger partial charge on any atom is 0.126 e. The van der Waals surface area contributed by atoms with Gasteiger partial charge in [-0.15, -0.1) is 23.2 Å². The maximum atomic E-state index is 7.36. The van der Waals surface area contributed by atoms with E-state index in [0.717, 1.165) is 46.6 Å². The van der Waals surface area contributed by atoms with Crippen LogP contribution < -0.4 is 9.47 Å². The fourth-order valence-electron chi connectivity index (χ4n) is 6.51. The van der Waals surface area contributed by atoms with Crippen molar-refractivity contribution in [1.29, 1.82) is 0 Å². The predicted octanol–water partition coefficient (Wildman–Crippen LogP) is 10.5. The molecule has 4 heteroatoms. The highest BCUT2D eigenvalue weighted by Gasteiger charge is 2.44. The van der Waals surface area contributed by atoms with E-state index in [0.29, 0.717) is 5.92 Å². The van der Waals surface area contributed by atoms with Gasteiger partial charge in [-0.2, -0.15) is 0 Å². The molecule has 1 aliphatic carbocycles. The Hall–Kier alpha value is -2.94. The number of ether oxygens (including phenoxy) is 2. The number of alkyl halides is 2. The first-order chi connectivity index (χ1) is 19.7. The molecule has 4 aromatic carbocycles. The van der Waals surface area contributed by atoms with E-state index in [4.69, 9.17) is 32.7 Å². The van der Waals surface area contributed by atoms with Gasteiger partial charge in [0.1, 0.15) is 11.5 Å². The summed E-state index contributed by atoms with van der Waals surface area (Å²) in [5.41, 5.74) is 6.95. The Labute approximate surface area is 255 Å². The van der Waals surface area contributed by atoms with Crippen molar-refractivity contribution in [3.63, 3.8) is 0 Å². The smallest absolute Gasteiger partial charge is 0.126 e. The van der Waals surface area contributed by atoms with Gasteiger partial charge in [0, 0.05) is 33.7 Å². The van der Waals surface area contributed by atoms with Crippen molar-refractivity contribution in [1.82, 2.24) is 0 Å². The Bertz CT molecular complexity index is 1370. The van der Waals surface area contributed by atoms with Crippen LogP contribution in [0.2, 0.25) is 0 Å². The normalized spacial score (nSPS) is 21.1. The molecule has 214 valence electrons. The average Bonchev–Trinajstić information content (AvgIpc) is 2.98. The van der Waals surface area contributed by atoms with Crippen LogP contribution in [0.25, 0.3) is 22.3 Å². The van der Waals surface area contributed by atoms with Gasteiger partial charge in [-0.3, -0.25) is 0 Å². The lowest BCUT2D eigenvalue weighted by Crippen LogP contribution is -2.42. The number of para-hydroxylation sites is 2. The monoisotopic (exact) mass is 586 g/mol. The summed E-state index contributed by atoms with van der Waals surface area (Å²) in [5, 5.41) is -0.101. The number of hydrogen-bond acceptors (Lipinski definition) is 2. The van der Waals surface area contributed by atoms with Crippen LogP contribution in [0.4, 0.5) is 0 Å². The summed E-state index contributed by atoms with van der Waals surface area (Å²) in [7, 11) is 3.44. The molecule has 2 nitrogen and oxygen atoms in total. The van der Waals surface area contributed by atoms with Gasteiger partial charge in [0.25, 0.3) is 0 Å². The number of rotatable bonds is 7. The van der Waals surface area contributed by atoms with Crippen molar-refractivity contribution in [2.45, 2.75) is 50.3 Å². The van der Waals surface area contributed by atoms with Crippen LogP contribution in [0.1, 0.15) is 50.7 Å². The summed E-state index contributed by atoms with van der Waals surface area (Å²) < 4.78 is 11.4. The second kappa shape index (κ2) is 12.5. The van der Waals surface area contributed by atoms with E-state index in [1.54, 1.807) is 14.2 Å². The molecular weight excluding hydrogens is 547 g/mol. The molecule has 0 amide bonds. The van der Waals surface area contributed by atoms with Gasteiger partial charge in [-0.25, -0.2) is 0 Å². The van der Waals surface area contributed by atoms with Crippen LogP contribution in [0.5, 0.6) is 11.5 Å². The van der Waals surface area contributed by atoms with Gasteiger partial charge in [-0.1, -0.05) is 106 Å². The molecule has 0 radical (unpaired) electrons. The first-order valence-electron chi connectivity index (χ1n) is 14.5. The van der Waals surface area contributed by atoms with Crippen molar-refractivity contribution >= 4 is 23.2 Å². The van der Waals surface area contributed by atoms with Crippen LogP contribution in [-0.2, 0) is 0 Å². The Kier molecular flexibility index (Phi) is 9.02. The number of benzene rings is 4. The van der Waals surface area contributed by atoms with E-state index in [1.807, 2.05) is 24.3 Å². The Balaban J connectivity index is 1.64. The molecule has 0 bridgehead atoms. The topological polar surface area (TPSA) is 18.5 Å².